The smallest absolute Gasteiger partial charge is 0.270 e. The first-order valence-corrected chi connectivity index (χ1v) is 7.81. The molecule has 2 aromatic rings. The SMILES string of the molecule is N#CCc1ccc(NC(=O)CN2C(=O)c3ccc([N+](=O)[O-])cc3C2=O)cc1. The van der Waals surface area contributed by atoms with Crippen molar-refractivity contribution in [3.63, 3.8) is 0 Å². The van der Waals surface area contributed by atoms with Gasteiger partial charge in [0.1, 0.15) is 6.54 Å². The van der Waals surface area contributed by atoms with Crippen molar-refractivity contribution in [1.29, 1.82) is 5.26 Å². The zero-order valence-electron chi connectivity index (χ0n) is 13.8. The third-order valence-electron chi connectivity index (χ3n) is 3.99. The van der Waals surface area contributed by atoms with Gasteiger partial charge in [0.2, 0.25) is 5.91 Å². The van der Waals surface area contributed by atoms with Gasteiger partial charge in [0.15, 0.2) is 0 Å². The molecule has 0 aliphatic carbocycles. The van der Waals surface area contributed by atoms with Crippen LogP contribution >= 0.6 is 0 Å². The molecule has 1 aliphatic rings. The van der Waals surface area contributed by atoms with E-state index in [1.807, 2.05) is 6.07 Å². The number of non-ortho nitro benzene ring substituents is 1. The van der Waals surface area contributed by atoms with Crippen LogP contribution in [0.5, 0.6) is 0 Å². The molecule has 0 bridgehead atoms. The first-order valence-electron chi connectivity index (χ1n) is 7.81. The average Bonchev–Trinajstić information content (AvgIpc) is 2.88. The molecule has 0 radical (unpaired) electrons. The van der Waals surface area contributed by atoms with Crippen molar-refractivity contribution in [3.8, 4) is 6.07 Å². The summed E-state index contributed by atoms with van der Waals surface area (Å²) in [5, 5.41) is 22.0. The highest BCUT2D eigenvalue weighted by Crippen LogP contribution is 2.26. The van der Waals surface area contributed by atoms with Gasteiger partial charge in [-0.15, -0.1) is 0 Å². The largest absolute Gasteiger partial charge is 0.325 e. The van der Waals surface area contributed by atoms with Crippen LogP contribution in [-0.4, -0.2) is 34.1 Å². The van der Waals surface area contributed by atoms with Gasteiger partial charge in [0, 0.05) is 17.8 Å². The van der Waals surface area contributed by atoms with Crippen molar-refractivity contribution in [2.24, 2.45) is 0 Å². The predicted molar refractivity (Wildman–Crippen MR) is 92.9 cm³/mol. The van der Waals surface area contributed by atoms with Crippen LogP contribution in [0.2, 0.25) is 0 Å². The number of imide groups is 1. The lowest BCUT2D eigenvalue weighted by atomic mass is 10.1. The number of nitrogens with one attached hydrogen (secondary N) is 1. The third-order valence-corrected chi connectivity index (χ3v) is 3.99. The molecule has 0 fully saturated rings. The Morgan fingerprint density at radius 3 is 2.41 bits per heavy atom. The number of fused-ring (bicyclic) bond motifs is 1. The zero-order chi connectivity index (χ0) is 19.6. The van der Waals surface area contributed by atoms with Crippen LogP contribution in [0.25, 0.3) is 0 Å². The molecular formula is C18H12N4O5. The summed E-state index contributed by atoms with van der Waals surface area (Å²) in [4.78, 5) is 47.8. The highest BCUT2D eigenvalue weighted by Gasteiger charge is 2.37. The average molecular weight is 364 g/mol. The number of anilines is 1. The summed E-state index contributed by atoms with van der Waals surface area (Å²) >= 11 is 0. The summed E-state index contributed by atoms with van der Waals surface area (Å²) in [7, 11) is 0. The second-order valence-electron chi connectivity index (χ2n) is 5.76. The zero-order valence-corrected chi connectivity index (χ0v) is 13.8. The number of rotatable bonds is 5. The summed E-state index contributed by atoms with van der Waals surface area (Å²) in [5.41, 5.74) is 0.868. The molecule has 3 amide bonds. The van der Waals surface area contributed by atoms with Gasteiger partial charge in [-0.25, -0.2) is 0 Å². The van der Waals surface area contributed by atoms with Gasteiger partial charge in [0.25, 0.3) is 17.5 Å². The molecule has 1 N–H and O–H groups in total. The van der Waals surface area contributed by atoms with E-state index in [4.69, 9.17) is 5.26 Å². The maximum Gasteiger partial charge on any atom is 0.270 e. The fourth-order valence-corrected chi connectivity index (χ4v) is 2.68. The molecule has 0 unspecified atom stereocenters. The van der Waals surface area contributed by atoms with Crippen molar-refractivity contribution >= 4 is 29.1 Å². The van der Waals surface area contributed by atoms with Crippen molar-refractivity contribution in [3.05, 3.63) is 69.3 Å². The van der Waals surface area contributed by atoms with Gasteiger partial charge in [-0.1, -0.05) is 12.1 Å². The van der Waals surface area contributed by atoms with E-state index >= 15 is 0 Å². The molecule has 1 aliphatic heterocycles. The van der Waals surface area contributed by atoms with E-state index in [2.05, 4.69) is 5.32 Å². The third kappa shape index (κ3) is 3.50. The van der Waals surface area contributed by atoms with E-state index in [0.29, 0.717) is 5.69 Å². The molecule has 134 valence electrons. The molecule has 3 rings (SSSR count). The van der Waals surface area contributed by atoms with Crippen molar-refractivity contribution < 1.29 is 19.3 Å². The van der Waals surface area contributed by atoms with Gasteiger partial charge in [0.05, 0.1) is 28.5 Å². The lowest BCUT2D eigenvalue weighted by Gasteiger charge is -2.13. The molecule has 0 saturated carbocycles. The van der Waals surface area contributed by atoms with Crippen LogP contribution in [0.1, 0.15) is 26.3 Å². The number of nitro benzene ring substituents is 1. The van der Waals surface area contributed by atoms with Crippen molar-refractivity contribution in [2.45, 2.75) is 6.42 Å². The minimum atomic E-state index is -0.752. The Labute approximate surface area is 153 Å². The first kappa shape index (κ1) is 17.8. The second-order valence-corrected chi connectivity index (χ2v) is 5.76. The molecule has 0 aromatic heterocycles. The number of nitro groups is 1. The van der Waals surface area contributed by atoms with Crippen LogP contribution in [0.3, 0.4) is 0 Å². The molecular weight excluding hydrogens is 352 g/mol. The summed E-state index contributed by atoms with van der Waals surface area (Å²) in [6.07, 6.45) is 0.245. The number of benzene rings is 2. The molecule has 9 nitrogen and oxygen atoms in total. The second kappa shape index (κ2) is 7.05. The van der Waals surface area contributed by atoms with E-state index in [-0.39, 0.29) is 23.2 Å². The normalized spacial score (nSPS) is 12.5. The van der Waals surface area contributed by atoms with Gasteiger partial charge in [-0.3, -0.25) is 29.4 Å². The monoisotopic (exact) mass is 364 g/mol. The van der Waals surface area contributed by atoms with Crippen LogP contribution < -0.4 is 5.32 Å². The molecule has 0 atom stereocenters. The number of amides is 3. The minimum Gasteiger partial charge on any atom is -0.325 e. The predicted octanol–water partition coefficient (Wildman–Crippen LogP) is 1.90. The van der Waals surface area contributed by atoms with Gasteiger partial charge in [-0.05, 0) is 23.8 Å². The van der Waals surface area contributed by atoms with E-state index < -0.39 is 29.2 Å². The fraction of sp³-hybridized carbons (Fsp3) is 0.111. The maximum atomic E-state index is 12.4. The Kier molecular flexibility index (Phi) is 4.64. The standard InChI is InChI=1S/C18H12N4O5/c19-8-7-11-1-3-12(4-2-11)20-16(23)10-21-17(24)14-6-5-13(22(26)27)9-15(14)18(21)25/h1-6,9H,7,10H2,(H,20,23). The Bertz CT molecular complexity index is 1010. The summed E-state index contributed by atoms with van der Waals surface area (Å²) < 4.78 is 0. The molecule has 1 heterocycles. The van der Waals surface area contributed by atoms with Crippen LogP contribution in [0.15, 0.2) is 42.5 Å². The molecule has 0 spiro atoms. The molecule has 2 aromatic carbocycles. The Balaban J connectivity index is 1.71. The number of nitriles is 1. The van der Waals surface area contributed by atoms with E-state index in [9.17, 15) is 24.5 Å². The molecule has 0 saturated heterocycles. The van der Waals surface area contributed by atoms with Gasteiger partial charge in [-0.2, -0.15) is 5.26 Å². The van der Waals surface area contributed by atoms with E-state index in [0.717, 1.165) is 22.6 Å². The summed E-state index contributed by atoms with van der Waals surface area (Å²) in [6, 6.07) is 12.0. The lowest BCUT2D eigenvalue weighted by Crippen LogP contribution is -2.37. The quantitative estimate of drug-likeness (QED) is 0.489. The lowest BCUT2D eigenvalue weighted by molar-refractivity contribution is -0.384. The Morgan fingerprint density at radius 1 is 1.11 bits per heavy atom. The fourth-order valence-electron chi connectivity index (χ4n) is 2.68. The molecule has 9 heteroatoms. The van der Waals surface area contributed by atoms with Crippen LogP contribution in [0, 0.1) is 21.4 Å². The Hall–Kier alpha value is -4.06. The topological polar surface area (TPSA) is 133 Å². The number of hydrogen-bond acceptors (Lipinski definition) is 6. The van der Waals surface area contributed by atoms with Crippen molar-refractivity contribution in [1.82, 2.24) is 4.90 Å². The number of carbonyl (C=O) groups excluding carboxylic acids is 3. The van der Waals surface area contributed by atoms with Crippen LogP contribution in [0.4, 0.5) is 11.4 Å². The van der Waals surface area contributed by atoms with E-state index in [1.54, 1.807) is 24.3 Å². The van der Waals surface area contributed by atoms with Crippen molar-refractivity contribution in [2.75, 3.05) is 11.9 Å². The number of carbonyl (C=O) groups is 3. The highest BCUT2D eigenvalue weighted by molar-refractivity contribution is 6.23. The van der Waals surface area contributed by atoms with Gasteiger partial charge < -0.3 is 5.32 Å². The maximum absolute atomic E-state index is 12.4. The highest BCUT2D eigenvalue weighted by atomic mass is 16.6. The summed E-state index contributed by atoms with van der Waals surface area (Å²) in [5.74, 6) is -2.02. The van der Waals surface area contributed by atoms with Crippen LogP contribution in [-0.2, 0) is 11.2 Å². The molecule has 27 heavy (non-hydrogen) atoms. The first-order chi connectivity index (χ1) is 12.9. The Morgan fingerprint density at radius 2 is 1.78 bits per heavy atom. The number of hydrogen-bond donors (Lipinski definition) is 1. The number of nitrogens with zero attached hydrogens (tertiary/aromatic N) is 3. The minimum absolute atomic E-state index is 0.0271. The van der Waals surface area contributed by atoms with Gasteiger partial charge >= 0.3 is 0 Å². The summed E-state index contributed by atoms with van der Waals surface area (Å²) in [6.45, 7) is -0.514. The van der Waals surface area contributed by atoms with E-state index in [1.165, 1.54) is 6.07 Å².